The lowest BCUT2D eigenvalue weighted by molar-refractivity contribution is 0.160. The molecule has 0 radical (unpaired) electrons. The van der Waals surface area contributed by atoms with E-state index in [4.69, 9.17) is 5.26 Å². The maximum absolute atomic E-state index is 9.95. The van der Waals surface area contributed by atoms with Crippen molar-refractivity contribution in [1.82, 2.24) is 4.90 Å². The van der Waals surface area contributed by atoms with E-state index in [1.807, 2.05) is 19.1 Å². The van der Waals surface area contributed by atoms with Crippen LogP contribution in [0.25, 0.3) is 0 Å². The molecular weight excluding hydrogens is 212 g/mol. The van der Waals surface area contributed by atoms with E-state index in [0.717, 1.165) is 30.5 Å². The number of rotatable bonds is 1. The van der Waals surface area contributed by atoms with Gasteiger partial charge in [0.2, 0.25) is 0 Å². The number of phenolic OH excluding ortho intramolecular Hbond substituents is 1. The maximum Gasteiger partial charge on any atom is 0.120 e. The standard InChI is InChI=1S/C14H18N2O/c1-10-3-4-14(17)12(7-10)13-8-11(9-15)5-6-16(13)2/h3-4,7,11,13,17H,5-6,8H2,1-2H3/t11-,13+/m0/s1. The van der Waals surface area contributed by atoms with Crippen LogP contribution in [0.2, 0.25) is 0 Å². The largest absolute Gasteiger partial charge is 0.508 e. The van der Waals surface area contributed by atoms with E-state index in [1.165, 1.54) is 0 Å². The average Bonchev–Trinajstić information content (AvgIpc) is 2.33. The first-order valence-corrected chi connectivity index (χ1v) is 6.01. The summed E-state index contributed by atoms with van der Waals surface area (Å²) in [5, 5.41) is 19.0. The predicted octanol–water partition coefficient (Wildman–Crippen LogP) is 2.61. The molecular formula is C14H18N2O. The Morgan fingerprint density at radius 3 is 2.94 bits per heavy atom. The van der Waals surface area contributed by atoms with Crippen molar-refractivity contribution in [1.29, 1.82) is 5.26 Å². The van der Waals surface area contributed by atoms with E-state index in [0.29, 0.717) is 5.75 Å². The zero-order chi connectivity index (χ0) is 12.4. The molecule has 1 aliphatic heterocycles. The fourth-order valence-corrected chi connectivity index (χ4v) is 2.51. The van der Waals surface area contributed by atoms with Crippen molar-refractivity contribution in [3.63, 3.8) is 0 Å². The first-order chi connectivity index (χ1) is 8.11. The third-order valence-corrected chi connectivity index (χ3v) is 3.59. The quantitative estimate of drug-likeness (QED) is 0.806. The van der Waals surface area contributed by atoms with Crippen LogP contribution in [0.3, 0.4) is 0 Å². The second-order valence-electron chi connectivity index (χ2n) is 4.91. The van der Waals surface area contributed by atoms with Gasteiger partial charge in [-0.15, -0.1) is 0 Å². The topological polar surface area (TPSA) is 47.3 Å². The van der Waals surface area contributed by atoms with Crippen molar-refractivity contribution < 1.29 is 5.11 Å². The number of likely N-dealkylation sites (tertiary alicyclic amines) is 1. The number of nitriles is 1. The highest BCUT2D eigenvalue weighted by atomic mass is 16.3. The normalized spacial score (nSPS) is 25.5. The molecule has 2 rings (SSSR count). The Labute approximate surface area is 102 Å². The molecule has 0 amide bonds. The van der Waals surface area contributed by atoms with Crippen LogP contribution in [-0.4, -0.2) is 23.6 Å². The number of hydrogen-bond donors (Lipinski definition) is 1. The van der Waals surface area contributed by atoms with Crippen molar-refractivity contribution in [3.05, 3.63) is 29.3 Å². The first kappa shape index (κ1) is 11.9. The molecule has 1 aliphatic rings. The Hall–Kier alpha value is -1.53. The predicted molar refractivity (Wildman–Crippen MR) is 66.6 cm³/mol. The highest BCUT2D eigenvalue weighted by molar-refractivity contribution is 5.38. The van der Waals surface area contributed by atoms with Gasteiger partial charge in [-0.2, -0.15) is 5.26 Å². The van der Waals surface area contributed by atoms with Crippen LogP contribution in [0.5, 0.6) is 5.75 Å². The molecule has 1 saturated heterocycles. The summed E-state index contributed by atoms with van der Waals surface area (Å²) in [6.45, 7) is 2.93. The molecule has 0 bridgehead atoms. The van der Waals surface area contributed by atoms with Gasteiger partial charge in [0.1, 0.15) is 5.75 Å². The first-order valence-electron chi connectivity index (χ1n) is 6.01. The number of hydrogen-bond acceptors (Lipinski definition) is 3. The molecule has 0 saturated carbocycles. The molecule has 1 N–H and O–H groups in total. The number of nitrogens with zero attached hydrogens (tertiary/aromatic N) is 2. The van der Waals surface area contributed by atoms with Gasteiger partial charge in [0.05, 0.1) is 6.07 Å². The second-order valence-corrected chi connectivity index (χ2v) is 4.91. The molecule has 1 aromatic rings. The van der Waals surface area contributed by atoms with Crippen LogP contribution < -0.4 is 0 Å². The van der Waals surface area contributed by atoms with Gasteiger partial charge in [-0.3, -0.25) is 4.90 Å². The lowest BCUT2D eigenvalue weighted by Crippen LogP contribution is -2.33. The lowest BCUT2D eigenvalue weighted by atomic mass is 9.87. The minimum absolute atomic E-state index is 0.108. The Morgan fingerprint density at radius 2 is 2.24 bits per heavy atom. The number of piperidine rings is 1. The van der Waals surface area contributed by atoms with Crippen LogP contribution in [0.4, 0.5) is 0 Å². The van der Waals surface area contributed by atoms with E-state index < -0.39 is 0 Å². The minimum atomic E-state index is 0.108. The Bertz CT molecular complexity index is 450. The fraction of sp³-hybridized carbons (Fsp3) is 0.500. The Balaban J connectivity index is 2.31. The summed E-state index contributed by atoms with van der Waals surface area (Å²) in [7, 11) is 2.06. The molecule has 17 heavy (non-hydrogen) atoms. The van der Waals surface area contributed by atoms with Crippen LogP contribution in [0.1, 0.15) is 30.0 Å². The molecule has 1 aromatic carbocycles. The van der Waals surface area contributed by atoms with Gasteiger partial charge in [0, 0.05) is 17.5 Å². The van der Waals surface area contributed by atoms with Crippen molar-refractivity contribution in [2.24, 2.45) is 5.92 Å². The van der Waals surface area contributed by atoms with Crippen molar-refractivity contribution >= 4 is 0 Å². The van der Waals surface area contributed by atoms with E-state index >= 15 is 0 Å². The number of aromatic hydroxyl groups is 1. The average molecular weight is 230 g/mol. The van der Waals surface area contributed by atoms with Crippen molar-refractivity contribution in [2.45, 2.75) is 25.8 Å². The van der Waals surface area contributed by atoms with Gasteiger partial charge in [-0.1, -0.05) is 17.7 Å². The summed E-state index contributed by atoms with van der Waals surface area (Å²) in [5.41, 5.74) is 2.10. The smallest absolute Gasteiger partial charge is 0.120 e. The lowest BCUT2D eigenvalue weighted by Gasteiger charge is -2.35. The Kier molecular flexibility index (Phi) is 3.35. The van der Waals surface area contributed by atoms with E-state index in [2.05, 4.69) is 18.0 Å². The van der Waals surface area contributed by atoms with Crippen molar-refractivity contribution in [2.75, 3.05) is 13.6 Å². The minimum Gasteiger partial charge on any atom is -0.508 e. The molecule has 3 nitrogen and oxygen atoms in total. The molecule has 1 heterocycles. The highest BCUT2D eigenvalue weighted by Crippen LogP contribution is 2.37. The van der Waals surface area contributed by atoms with Gasteiger partial charge in [-0.05, 0) is 39.4 Å². The molecule has 1 fully saturated rings. The fourth-order valence-electron chi connectivity index (χ4n) is 2.51. The van der Waals surface area contributed by atoms with E-state index in [9.17, 15) is 5.11 Å². The summed E-state index contributed by atoms with van der Waals surface area (Å²) >= 11 is 0. The third kappa shape index (κ3) is 2.42. The van der Waals surface area contributed by atoms with Crippen LogP contribution in [0.15, 0.2) is 18.2 Å². The SMILES string of the molecule is Cc1ccc(O)c([C@H]2C[C@@H](C#N)CCN2C)c1. The van der Waals surface area contributed by atoms with Gasteiger partial charge < -0.3 is 5.11 Å². The molecule has 2 atom stereocenters. The monoisotopic (exact) mass is 230 g/mol. The van der Waals surface area contributed by atoms with Gasteiger partial charge >= 0.3 is 0 Å². The number of benzene rings is 1. The molecule has 0 aliphatic carbocycles. The summed E-state index contributed by atoms with van der Waals surface area (Å²) in [6, 6.07) is 8.19. The summed E-state index contributed by atoms with van der Waals surface area (Å²) in [6.07, 6.45) is 1.74. The third-order valence-electron chi connectivity index (χ3n) is 3.59. The van der Waals surface area contributed by atoms with Gasteiger partial charge in [0.25, 0.3) is 0 Å². The zero-order valence-electron chi connectivity index (χ0n) is 10.3. The molecule has 3 heteroatoms. The van der Waals surface area contributed by atoms with Crippen LogP contribution in [0, 0.1) is 24.2 Å². The second kappa shape index (κ2) is 4.77. The molecule has 0 unspecified atom stereocenters. The molecule has 0 aromatic heterocycles. The zero-order valence-corrected chi connectivity index (χ0v) is 10.3. The van der Waals surface area contributed by atoms with E-state index in [-0.39, 0.29) is 12.0 Å². The number of aryl methyl sites for hydroxylation is 1. The van der Waals surface area contributed by atoms with Crippen LogP contribution in [-0.2, 0) is 0 Å². The van der Waals surface area contributed by atoms with E-state index in [1.54, 1.807) is 6.07 Å². The summed E-state index contributed by atoms with van der Waals surface area (Å²) in [5.74, 6) is 0.446. The van der Waals surface area contributed by atoms with Gasteiger partial charge in [0.15, 0.2) is 0 Å². The number of phenols is 1. The summed E-state index contributed by atoms with van der Waals surface area (Å²) < 4.78 is 0. The maximum atomic E-state index is 9.95. The van der Waals surface area contributed by atoms with Gasteiger partial charge in [-0.25, -0.2) is 0 Å². The van der Waals surface area contributed by atoms with Crippen molar-refractivity contribution in [3.8, 4) is 11.8 Å². The van der Waals surface area contributed by atoms with Crippen LogP contribution >= 0.6 is 0 Å². The highest BCUT2D eigenvalue weighted by Gasteiger charge is 2.28. The molecule has 0 spiro atoms. The Morgan fingerprint density at radius 1 is 1.47 bits per heavy atom. The summed E-state index contributed by atoms with van der Waals surface area (Å²) in [4.78, 5) is 2.22. The molecule has 90 valence electrons.